The van der Waals surface area contributed by atoms with E-state index in [1.807, 2.05) is 0 Å². The zero-order valence-corrected chi connectivity index (χ0v) is 13.2. The van der Waals surface area contributed by atoms with Crippen molar-refractivity contribution < 1.29 is 9.84 Å². The molecule has 2 atom stereocenters. The second kappa shape index (κ2) is 5.58. The van der Waals surface area contributed by atoms with Crippen molar-refractivity contribution in [3.63, 3.8) is 0 Å². The number of likely N-dealkylation sites (tertiary alicyclic amines) is 1. The van der Waals surface area contributed by atoms with E-state index < -0.39 is 0 Å². The van der Waals surface area contributed by atoms with E-state index in [1.54, 1.807) is 0 Å². The summed E-state index contributed by atoms with van der Waals surface area (Å²) in [5, 5.41) is 11.0. The fraction of sp³-hybridized carbons (Fsp3) is 1.00. The second-order valence-electron chi connectivity index (χ2n) is 7.78. The highest BCUT2D eigenvalue weighted by atomic mass is 16.5. The van der Waals surface area contributed by atoms with E-state index in [1.165, 1.54) is 38.5 Å². The summed E-state index contributed by atoms with van der Waals surface area (Å²) in [5.41, 5.74) is 0.0508. The van der Waals surface area contributed by atoms with Gasteiger partial charge in [0.2, 0.25) is 0 Å². The predicted molar refractivity (Wildman–Crippen MR) is 80.8 cm³/mol. The first kappa shape index (κ1) is 14.8. The Morgan fingerprint density at radius 3 is 2.45 bits per heavy atom. The molecule has 0 radical (unpaired) electrons. The third kappa shape index (κ3) is 2.65. The van der Waals surface area contributed by atoms with Gasteiger partial charge in [0.25, 0.3) is 0 Å². The highest BCUT2D eigenvalue weighted by Crippen LogP contribution is 2.46. The summed E-state index contributed by atoms with van der Waals surface area (Å²) in [7, 11) is 0. The van der Waals surface area contributed by atoms with Gasteiger partial charge in [-0.2, -0.15) is 0 Å². The predicted octanol–water partition coefficient (Wildman–Crippen LogP) is 2.96. The molecule has 0 aromatic carbocycles. The van der Waals surface area contributed by atoms with Gasteiger partial charge >= 0.3 is 0 Å². The second-order valence-corrected chi connectivity index (χ2v) is 7.78. The van der Waals surface area contributed by atoms with Crippen molar-refractivity contribution in [2.45, 2.75) is 82.5 Å². The number of ether oxygens (including phenoxy) is 1. The number of nitrogens with zero attached hydrogens (tertiary/aromatic N) is 1. The van der Waals surface area contributed by atoms with Crippen molar-refractivity contribution in [2.24, 2.45) is 5.92 Å². The Balaban J connectivity index is 1.65. The molecule has 1 spiro atoms. The van der Waals surface area contributed by atoms with Crippen LogP contribution in [0.25, 0.3) is 0 Å². The lowest BCUT2D eigenvalue weighted by Crippen LogP contribution is -2.59. The molecule has 3 fully saturated rings. The van der Waals surface area contributed by atoms with Crippen molar-refractivity contribution in [1.82, 2.24) is 4.90 Å². The van der Waals surface area contributed by atoms with E-state index in [-0.39, 0.29) is 17.2 Å². The van der Waals surface area contributed by atoms with E-state index in [2.05, 4.69) is 18.7 Å². The summed E-state index contributed by atoms with van der Waals surface area (Å²) >= 11 is 0. The van der Waals surface area contributed by atoms with Crippen LogP contribution in [0.5, 0.6) is 0 Å². The number of aliphatic hydroxyl groups excluding tert-OH is 1. The summed E-state index contributed by atoms with van der Waals surface area (Å²) in [6, 6.07) is 0. The van der Waals surface area contributed by atoms with Crippen molar-refractivity contribution >= 4 is 0 Å². The van der Waals surface area contributed by atoms with Crippen LogP contribution in [0, 0.1) is 5.92 Å². The van der Waals surface area contributed by atoms with Gasteiger partial charge in [0.15, 0.2) is 0 Å². The summed E-state index contributed by atoms with van der Waals surface area (Å²) in [6.45, 7) is 7.63. The third-order valence-corrected chi connectivity index (χ3v) is 6.14. The Kier molecular flexibility index (Phi) is 4.13. The topological polar surface area (TPSA) is 32.7 Å². The zero-order chi connectivity index (χ0) is 14.2. The number of piperidine rings is 1. The first-order valence-corrected chi connectivity index (χ1v) is 8.61. The Hall–Kier alpha value is -0.120. The standard InChI is InChI=1S/C17H31NO2/c1-16(2,18-10-4-3-5-11-18)15(19)14-7-12-20-17(13-14)8-6-9-17/h14-15,19H,3-13H2,1-2H3. The molecule has 116 valence electrons. The molecular weight excluding hydrogens is 250 g/mol. The molecule has 0 bridgehead atoms. The van der Waals surface area contributed by atoms with Crippen LogP contribution in [-0.4, -0.2) is 46.9 Å². The van der Waals surface area contributed by atoms with Crippen LogP contribution in [0.3, 0.4) is 0 Å². The largest absolute Gasteiger partial charge is 0.391 e. The Morgan fingerprint density at radius 1 is 1.15 bits per heavy atom. The van der Waals surface area contributed by atoms with E-state index in [9.17, 15) is 5.11 Å². The maximum atomic E-state index is 11.0. The molecular formula is C17H31NO2. The highest BCUT2D eigenvalue weighted by Gasteiger charge is 2.47. The molecule has 1 aliphatic carbocycles. The number of aliphatic hydroxyl groups is 1. The quantitative estimate of drug-likeness (QED) is 0.863. The molecule has 2 heterocycles. The van der Waals surface area contributed by atoms with Crippen LogP contribution >= 0.6 is 0 Å². The first-order chi connectivity index (χ1) is 9.54. The molecule has 3 rings (SSSR count). The first-order valence-electron chi connectivity index (χ1n) is 8.61. The highest BCUT2D eigenvalue weighted by molar-refractivity contribution is 5.00. The molecule has 2 saturated heterocycles. The molecule has 2 unspecified atom stereocenters. The van der Waals surface area contributed by atoms with Gasteiger partial charge < -0.3 is 9.84 Å². The SMILES string of the molecule is CC(C)(C(O)C1CCOC2(CCC2)C1)N1CCCCC1. The van der Waals surface area contributed by atoms with Crippen LogP contribution in [-0.2, 0) is 4.74 Å². The van der Waals surface area contributed by atoms with Crippen molar-refractivity contribution in [3.8, 4) is 0 Å². The van der Waals surface area contributed by atoms with Crippen molar-refractivity contribution in [3.05, 3.63) is 0 Å². The lowest BCUT2D eigenvalue weighted by molar-refractivity contribution is -0.170. The van der Waals surface area contributed by atoms with Crippen LogP contribution in [0.4, 0.5) is 0 Å². The van der Waals surface area contributed by atoms with Crippen LogP contribution in [0.2, 0.25) is 0 Å². The number of hydrogen-bond donors (Lipinski definition) is 1. The summed E-state index contributed by atoms with van der Waals surface area (Å²) in [6.07, 6.45) is 9.53. The monoisotopic (exact) mass is 281 g/mol. The molecule has 3 heteroatoms. The van der Waals surface area contributed by atoms with Crippen LogP contribution < -0.4 is 0 Å². The van der Waals surface area contributed by atoms with Gasteiger partial charge in [-0.05, 0) is 77.8 Å². The molecule has 20 heavy (non-hydrogen) atoms. The van der Waals surface area contributed by atoms with Gasteiger partial charge in [0.05, 0.1) is 11.7 Å². The Bertz CT molecular complexity index is 332. The minimum Gasteiger partial charge on any atom is -0.391 e. The average molecular weight is 281 g/mol. The zero-order valence-electron chi connectivity index (χ0n) is 13.2. The molecule has 0 aromatic rings. The molecule has 0 amide bonds. The van der Waals surface area contributed by atoms with E-state index >= 15 is 0 Å². The van der Waals surface area contributed by atoms with Crippen molar-refractivity contribution in [1.29, 1.82) is 0 Å². The van der Waals surface area contributed by atoms with Gasteiger partial charge in [-0.15, -0.1) is 0 Å². The van der Waals surface area contributed by atoms with E-state index in [0.717, 1.165) is 32.5 Å². The number of hydrogen-bond acceptors (Lipinski definition) is 3. The maximum Gasteiger partial charge on any atom is 0.0748 e. The Labute approximate surface area is 123 Å². The summed E-state index contributed by atoms with van der Waals surface area (Å²) < 4.78 is 6.02. The third-order valence-electron chi connectivity index (χ3n) is 6.14. The van der Waals surface area contributed by atoms with Gasteiger partial charge in [0.1, 0.15) is 0 Å². The van der Waals surface area contributed by atoms with E-state index in [0.29, 0.717) is 5.92 Å². The lowest BCUT2D eigenvalue weighted by Gasteiger charge is -2.52. The van der Waals surface area contributed by atoms with Crippen molar-refractivity contribution in [2.75, 3.05) is 19.7 Å². The number of rotatable bonds is 3. The molecule has 2 aliphatic heterocycles. The lowest BCUT2D eigenvalue weighted by atomic mass is 9.68. The molecule has 3 nitrogen and oxygen atoms in total. The molecule has 1 N–H and O–H groups in total. The molecule has 3 aliphatic rings. The maximum absolute atomic E-state index is 11.0. The minimum atomic E-state index is -0.220. The summed E-state index contributed by atoms with van der Waals surface area (Å²) in [4.78, 5) is 2.52. The molecule has 0 aromatic heterocycles. The average Bonchev–Trinajstić information content (AvgIpc) is 2.46. The normalized spacial score (nSPS) is 32.9. The van der Waals surface area contributed by atoms with Gasteiger partial charge in [-0.3, -0.25) is 4.90 Å². The molecule has 1 saturated carbocycles. The smallest absolute Gasteiger partial charge is 0.0748 e. The van der Waals surface area contributed by atoms with Gasteiger partial charge in [-0.1, -0.05) is 6.42 Å². The van der Waals surface area contributed by atoms with Crippen LogP contribution in [0.1, 0.15) is 65.2 Å². The van der Waals surface area contributed by atoms with Crippen LogP contribution in [0.15, 0.2) is 0 Å². The van der Waals surface area contributed by atoms with Gasteiger partial charge in [-0.25, -0.2) is 0 Å². The Morgan fingerprint density at radius 2 is 1.85 bits per heavy atom. The summed E-state index contributed by atoms with van der Waals surface area (Å²) in [5.74, 6) is 0.418. The fourth-order valence-corrected chi connectivity index (χ4v) is 4.49. The minimum absolute atomic E-state index is 0.0899. The van der Waals surface area contributed by atoms with E-state index in [4.69, 9.17) is 4.74 Å². The fourth-order valence-electron chi connectivity index (χ4n) is 4.49. The van der Waals surface area contributed by atoms with Gasteiger partial charge in [0, 0.05) is 12.1 Å².